The van der Waals surface area contributed by atoms with Gasteiger partial charge in [-0.05, 0) is 68.1 Å². The molecule has 0 aliphatic heterocycles. The molecule has 5 nitrogen and oxygen atoms in total. The lowest BCUT2D eigenvalue weighted by Crippen LogP contribution is -2.14. The number of pyridine rings is 1. The van der Waals surface area contributed by atoms with E-state index in [1.54, 1.807) is 20.0 Å². The van der Waals surface area contributed by atoms with Gasteiger partial charge in [0.2, 0.25) is 0 Å². The maximum Gasteiger partial charge on any atom is 0.269 e. The SMILES string of the molecule is CNCc1cn(S(=O)(=O)c2ccc(C)nc2)c(-c2ccc(F)cc2F)c1C1CC1. The van der Waals surface area contributed by atoms with Crippen LogP contribution in [0.15, 0.2) is 47.6 Å². The number of aryl methyl sites for hydroxylation is 1. The summed E-state index contributed by atoms with van der Waals surface area (Å²) >= 11 is 0. The topological polar surface area (TPSA) is 64.0 Å². The van der Waals surface area contributed by atoms with Gasteiger partial charge in [-0.15, -0.1) is 0 Å². The van der Waals surface area contributed by atoms with Crippen LogP contribution < -0.4 is 5.32 Å². The monoisotopic (exact) mass is 417 g/mol. The summed E-state index contributed by atoms with van der Waals surface area (Å²) in [6.07, 6.45) is 4.65. The van der Waals surface area contributed by atoms with Gasteiger partial charge in [0.25, 0.3) is 10.0 Å². The Kier molecular flexibility index (Phi) is 5.00. The van der Waals surface area contributed by atoms with Crippen LogP contribution in [0.2, 0.25) is 0 Å². The van der Waals surface area contributed by atoms with E-state index < -0.39 is 21.7 Å². The molecule has 1 saturated carbocycles. The molecular formula is C21H21F2N3O2S. The van der Waals surface area contributed by atoms with Gasteiger partial charge in [-0.25, -0.2) is 21.2 Å². The molecule has 2 aromatic heterocycles. The molecular weight excluding hydrogens is 396 g/mol. The molecule has 0 radical (unpaired) electrons. The molecule has 8 heteroatoms. The average Bonchev–Trinajstić information content (AvgIpc) is 3.44. The fraction of sp³-hybridized carbons (Fsp3) is 0.286. The molecule has 4 rings (SSSR count). The Bertz CT molecular complexity index is 1170. The Morgan fingerprint density at radius 3 is 2.55 bits per heavy atom. The zero-order chi connectivity index (χ0) is 20.8. The number of nitrogens with one attached hydrogen (secondary N) is 1. The van der Waals surface area contributed by atoms with E-state index in [-0.39, 0.29) is 22.1 Å². The van der Waals surface area contributed by atoms with Crippen molar-refractivity contribution in [2.45, 2.75) is 37.1 Å². The highest BCUT2D eigenvalue weighted by Crippen LogP contribution is 2.48. The quantitative estimate of drug-likeness (QED) is 0.659. The highest BCUT2D eigenvalue weighted by atomic mass is 32.2. The van der Waals surface area contributed by atoms with Crippen LogP contribution in [0.1, 0.15) is 35.6 Å². The maximum absolute atomic E-state index is 14.7. The molecule has 1 aliphatic carbocycles. The van der Waals surface area contributed by atoms with Crippen molar-refractivity contribution >= 4 is 10.0 Å². The predicted molar refractivity (Wildman–Crippen MR) is 106 cm³/mol. The van der Waals surface area contributed by atoms with Crippen LogP contribution in [0.4, 0.5) is 8.78 Å². The van der Waals surface area contributed by atoms with E-state index in [4.69, 9.17) is 0 Å². The molecule has 1 fully saturated rings. The number of benzene rings is 1. The molecule has 2 heterocycles. The smallest absolute Gasteiger partial charge is 0.269 e. The molecule has 1 aliphatic rings. The molecule has 29 heavy (non-hydrogen) atoms. The predicted octanol–water partition coefficient (Wildman–Crippen LogP) is 3.97. The first-order valence-electron chi connectivity index (χ1n) is 9.35. The molecule has 0 spiro atoms. The van der Waals surface area contributed by atoms with Crippen molar-refractivity contribution in [3.05, 3.63) is 71.2 Å². The van der Waals surface area contributed by atoms with Crippen LogP contribution in [-0.2, 0) is 16.6 Å². The van der Waals surface area contributed by atoms with Gasteiger partial charge in [-0.1, -0.05) is 0 Å². The number of hydrogen-bond donors (Lipinski definition) is 1. The van der Waals surface area contributed by atoms with E-state index in [0.717, 1.165) is 40.1 Å². The largest absolute Gasteiger partial charge is 0.316 e. The highest BCUT2D eigenvalue weighted by molar-refractivity contribution is 7.90. The Labute approximate surface area is 168 Å². The van der Waals surface area contributed by atoms with E-state index in [1.807, 2.05) is 0 Å². The van der Waals surface area contributed by atoms with Crippen LogP contribution in [0.3, 0.4) is 0 Å². The average molecular weight is 417 g/mol. The summed E-state index contributed by atoms with van der Waals surface area (Å²) in [6.45, 7) is 2.21. The summed E-state index contributed by atoms with van der Waals surface area (Å²) < 4.78 is 56.3. The standard InChI is InChI=1S/C21H21F2N3O2S/c1-13-3-7-17(11-25-13)29(27,28)26-12-15(10-24-2)20(14-4-5-14)21(26)18-8-6-16(22)9-19(18)23/h3,6-9,11-12,14,24H,4-5,10H2,1-2H3. The van der Waals surface area contributed by atoms with Gasteiger partial charge in [-0.2, -0.15) is 0 Å². The van der Waals surface area contributed by atoms with Crippen molar-refractivity contribution < 1.29 is 17.2 Å². The normalized spacial score (nSPS) is 14.3. The van der Waals surface area contributed by atoms with Gasteiger partial charge in [0.05, 0.1) is 5.69 Å². The summed E-state index contributed by atoms with van der Waals surface area (Å²) in [6, 6.07) is 6.32. The minimum atomic E-state index is -4.02. The van der Waals surface area contributed by atoms with Crippen molar-refractivity contribution in [2.24, 2.45) is 0 Å². The van der Waals surface area contributed by atoms with Gasteiger partial charge >= 0.3 is 0 Å². The number of rotatable bonds is 6. The van der Waals surface area contributed by atoms with Crippen LogP contribution in [0.25, 0.3) is 11.3 Å². The first kappa shape index (κ1) is 19.7. The summed E-state index contributed by atoms with van der Waals surface area (Å²) in [5.41, 5.74) is 2.61. The Hall–Kier alpha value is -2.58. The molecule has 0 bridgehead atoms. The van der Waals surface area contributed by atoms with E-state index in [0.29, 0.717) is 12.2 Å². The number of nitrogens with zero attached hydrogens (tertiary/aromatic N) is 2. The van der Waals surface area contributed by atoms with Crippen LogP contribution in [-0.4, -0.2) is 24.4 Å². The lowest BCUT2D eigenvalue weighted by Gasteiger charge is -2.13. The molecule has 1 N–H and O–H groups in total. The number of halogens is 2. The lowest BCUT2D eigenvalue weighted by atomic mass is 10.0. The zero-order valence-corrected chi connectivity index (χ0v) is 16.9. The minimum Gasteiger partial charge on any atom is -0.316 e. The summed E-state index contributed by atoms with van der Waals surface area (Å²) in [5, 5.41) is 3.05. The second-order valence-electron chi connectivity index (χ2n) is 7.28. The number of hydrogen-bond acceptors (Lipinski definition) is 4. The lowest BCUT2D eigenvalue weighted by molar-refractivity contribution is 0.583. The van der Waals surface area contributed by atoms with Crippen molar-refractivity contribution in [2.75, 3.05) is 7.05 Å². The minimum absolute atomic E-state index is 0.0141. The molecule has 0 unspecified atom stereocenters. The van der Waals surface area contributed by atoms with Gasteiger partial charge in [0.1, 0.15) is 16.5 Å². The van der Waals surface area contributed by atoms with Crippen molar-refractivity contribution in [1.29, 1.82) is 0 Å². The van der Waals surface area contributed by atoms with Crippen molar-refractivity contribution in [3.8, 4) is 11.3 Å². The van der Waals surface area contributed by atoms with Gasteiger partial charge < -0.3 is 5.32 Å². The molecule has 152 valence electrons. The zero-order valence-electron chi connectivity index (χ0n) is 16.1. The van der Waals surface area contributed by atoms with Crippen LogP contribution in [0.5, 0.6) is 0 Å². The summed E-state index contributed by atoms with van der Waals surface area (Å²) in [4.78, 5) is 4.10. The van der Waals surface area contributed by atoms with Crippen LogP contribution in [0, 0.1) is 18.6 Å². The third-order valence-electron chi connectivity index (χ3n) is 5.07. The molecule has 0 atom stereocenters. The summed E-state index contributed by atoms with van der Waals surface area (Å²) in [5.74, 6) is -1.34. The fourth-order valence-electron chi connectivity index (χ4n) is 3.56. The first-order valence-corrected chi connectivity index (χ1v) is 10.8. The fourth-order valence-corrected chi connectivity index (χ4v) is 4.92. The van der Waals surface area contributed by atoms with E-state index in [9.17, 15) is 17.2 Å². The molecule has 0 amide bonds. The third kappa shape index (κ3) is 3.58. The Morgan fingerprint density at radius 1 is 1.21 bits per heavy atom. The third-order valence-corrected chi connectivity index (χ3v) is 6.72. The second-order valence-corrected chi connectivity index (χ2v) is 9.10. The van der Waals surface area contributed by atoms with Crippen LogP contribution >= 0.6 is 0 Å². The van der Waals surface area contributed by atoms with Crippen molar-refractivity contribution in [3.63, 3.8) is 0 Å². The molecule has 0 saturated heterocycles. The van der Waals surface area contributed by atoms with Crippen molar-refractivity contribution in [1.82, 2.24) is 14.3 Å². The first-order chi connectivity index (χ1) is 13.8. The van der Waals surface area contributed by atoms with Gasteiger partial charge in [-0.3, -0.25) is 4.98 Å². The second kappa shape index (κ2) is 7.35. The van der Waals surface area contributed by atoms with Gasteiger partial charge in [0.15, 0.2) is 0 Å². The maximum atomic E-state index is 14.7. The molecule has 3 aromatic rings. The Balaban J connectivity index is 2.00. The number of aromatic nitrogens is 2. The van der Waals surface area contributed by atoms with E-state index in [1.165, 1.54) is 24.5 Å². The Morgan fingerprint density at radius 2 is 1.97 bits per heavy atom. The van der Waals surface area contributed by atoms with E-state index >= 15 is 0 Å². The summed E-state index contributed by atoms with van der Waals surface area (Å²) in [7, 11) is -2.25. The van der Waals surface area contributed by atoms with E-state index in [2.05, 4.69) is 10.3 Å². The highest BCUT2D eigenvalue weighted by Gasteiger charge is 2.35. The van der Waals surface area contributed by atoms with Gasteiger partial charge in [0, 0.05) is 36.3 Å². The molecule has 1 aromatic carbocycles.